The third kappa shape index (κ3) is 3.76. The van der Waals surface area contributed by atoms with Crippen LogP contribution in [0.4, 0.5) is 0 Å². The lowest BCUT2D eigenvalue weighted by atomic mass is 10.0. The van der Waals surface area contributed by atoms with E-state index in [-0.39, 0.29) is 11.5 Å². The van der Waals surface area contributed by atoms with Gasteiger partial charge in [0.05, 0.1) is 0 Å². The fourth-order valence-corrected chi connectivity index (χ4v) is 4.25. The fourth-order valence-electron chi connectivity index (χ4n) is 4.25. The molecule has 5 rings (SSSR count). The third-order valence-electron chi connectivity index (χ3n) is 5.90. The first-order valence-corrected chi connectivity index (χ1v) is 10.5. The number of aromatic hydroxyl groups is 2. The lowest BCUT2D eigenvalue weighted by molar-refractivity contribution is 0.244. The highest BCUT2D eigenvalue weighted by atomic mass is 16.3. The SMILES string of the molecule is Cn1cccc1CN(Cc1ccc(O)c2ncccc12)Cc1ccc(O)c2ncccc12. The summed E-state index contributed by atoms with van der Waals surface area (Å²) in [5.41, 5.74) is 4.63. The predicted octanol–water partition coefficient (Wildman–Crippen LogP) is 4.74. The van der Waals surface area contributed by atoms with Crippen LogP contribution in [0.2, 0.25) is 0 Å². The van der Waals surface area contributed by atoms with Crippen molar-refractivity contribution in [2.24, 2.45) is 7.05 Å². The molecule has 0 spiro atoms. The van der Waals surface area contributed by atoms with Gasteiger partial charge in [0.2, 0.25) is 0 Å². The Morgan fingerprint density at radius 3 is 1.78 bits per heavy atom. The molecule has 160 valence electrons. The molecule has 32 heavy (non-hydrogen) atoms. The van der Waals surface area contributed by atoms with E-state index in [0.29, 0.717) is 24.1 Å². The number of pyridine rings is 2. The molecule has 0 aliphatic heterocycles. The van der Waals surface area contributed by atoms with Gasteiger partial charge in [0.25, 0.3) is 0 Å². The summed E-state index contributed by atoms with van der Waals surface area (Å²) < 4.78 is 2.12. The van der Waals surface area contributed by atoms with E-state index in [2.05, 4.69) is 25.5 Å². The summed E-state index contributed by atoms with van der Waals surface area (Å²) in [5, 5.41) is 22.4. The van der Waals surface area contributed by atoms with Crippen LogP contribution in [0.25, 0.3) is 21.8 Å². The number of benzene rings is 2. The van der Waals surface area contributed by atoms with Gasteiger partial charge in [0.15, 0.2) is 0 Å². The maximum Gasteiger partial charge on any atom is 0.141 e. The Hall–Kier alpha value is -3.90. The van der Waals surface area contributed by atoms with E-state index >= 15 is 0 Å². The van der Waals surface area contributed by atoms with E-state index in [0.717, 1.165) is 28.4 Å². The van der Waals surface area contributed by atoms with Crippen LogP contribution in [0, 0.1) is 0 Å². The summed E-state index contributed by atoms with van der Waals surface area (Å²) in [7, 11) is 2.05. The van der Waals surface area contributed by atoms with Crippen LogP contribution in [0.5, 0.6) is 11.5 Å². The Morgan fingerprint density at radius 1 is 0.719 bits per heavy atom. The van der Waals surface area contributed by atoms with Crippen molar-refractivity contribution in [2.75, 3.05) is 0 Å². The molecule has 0 amide bonds. The molecule has 6 heteroatoms. The first-order chi connectivity index (χ1) is 15.6. The topological polar surface area (TPSA) is 74.4 Å². The second-order valence-corrected chi connectivity index (χ2v) is 8.04. The van der Waals surface area contributed by atoms with Gasteiger partial charge in [-0.05, 0) is 47.5 Å². The number of rotatable bonds is 6. The molecule has 2 N–H and O–H groups in total. The molecular formula is C26H24N4O2. The highest BCUT2D eigenvalue weighted by Crippen LogP contribution is 2.29. The van der Waals surface area contributed by atoms with Crippen molar-refractivity contribution in [3.05, 3.63) is 96.1 Å². The molecule has 6 nitrogen and oxygen atoms in total. The van der Waals surface area contributed by atoms with E-state index < -0.39 is 0 Å². The summed E-state index contributed by atoms with van der Waals surface area (Å²) in [6.07, 6.45) is 5.44. The molecule has 0 unspecified atom stereocenters. The van der Waals surface area contributed by atoms with Crippen LogP contribution >= 0.6 is 0 Å². The Kier molecular flexibility index (Phi) is 5.21. The minimum atomic E-state index is 0.189. The van der Waals surface area contributed by atoms with E-state index in [1.165, 1.54) is 5.69 Å². The van der Waals surface area contributed by atoms with Crippen molar-refractivity contribution in [1.29, 1.82) is 0 Å². The summed E-state index contributed by atoms with van der Waals surface area (Å²) in [5.74, 6) is 0.378. The van der Waals surface area contributed by atoms with Gasteiger partial charge in [-0.25, -0.2) is 0 Å². The maximum atomic E-state index is 10.2. The molecule has 0 saturated carbocycles. The first kappa shape index (κ1) is 20.0. The molecule has 0 bridgehead atoms. The summed E-state index contributed by atoms with van der Waals surface area (Å²) in [6, 6.07) is 19.3. The normalized spacial score (nSPS) is 11.6. The Labute approximate surface area is 186 Å². The van der Waals surface area contributed by atoms with Gasteiger partial charge in [-0.2, -0.15) is 0 Å². The van der Waals surface area contributed by atoms with Crippen LogP contribution in [0.3, 0.4) is 0 Å². The van der Waals surface area contributed by atoms with Gasteiger partial charge in [-0.3, -0.25) is 14.9 Å². The number of hydrogen-bond acceptors (Lipinski definition) is 5. The molecule has 2 aromatic carbocycles. The van der Waals surface area contributed by atoms with E-state index in [1.807, 2.05) is 55.7 Å². The number of fused-ring (bicyclic) bond motifs is 2. The molecule has 0 radical (unpaired) electrons. The van der Waals surface area contributed by atoms with Gasteiger partial charge in [-0.15, -0.1) is 0 Å². The smallest absolute Gasteiger partial charge is 0.141 e. The van der Waals surface area contributed by atoms with Crippen molar-refractivity contribution in [2.45, 2.75) is 19.6 Å². The predicted molar refractivity (Wildman–Crippen MR) is 125 cm³/mol. The zero-order valence-corrected chi connectivity index (χ0v) is 17.8. The molecular weight excluding hydrogens is 400 g/mol. The van der Waals surface area contributed by atoms with Crippen LogP contribution in [-0.4, -0.2) is 29.6 Å². The van der Waals surface area contributed by atoms with Crippen LogP contribution < -0.4 is 0 Å². The number of phenols is 2. The number of phenolic OH excluding ortho intramolecular Hbond substituents is 2. The third-order valence-corrected chi connectivity index (χ3v) is 5.90. The molecule has 0 aliphatic rings. The number of nitrogens with zero attached hydrogens (tertiary/aromatic N) is 4. The highest BCUT2D eigenvalue weighted by molar-refractivity contribution is 5.88. The molecule has 0 aliphatic carbocycles. The average molecular weight is 425 g/mol. The Bertz CT molecular complexity index is 1320. The van der Waals surface area contributed by atoms with E-state index in [9.17, 15) is 10.2 Å². The van der Waals surface area contributed by atoms with Gasteiger partial charge in [0, 0.05) is 61.7 Å². The largest absolute Gasteiger partial charge is 0.506 e. The molecule has 0 saturated heterocycles. The first-order valence-electron chi connectivity index (χ1n) is 10.5. The lowest BCUT2D eigenvalue weighted by Gasteiger charge is -2.24. The zero-order chi connectivity index (χ0) is 22.1. The maximum absolute atomic E-state index is 10.2. The molecule has 3 aromatic heterocycles. The van der Waals surface area contributed by atoms with Crippen molar-refractivity contribution in [3.8, 4) is 11.5 Å². The summed E-state index contributed by atoms with van der Waals surface area (Å²) in [6.45, 7) is 2.10. The Balaban J connectivity index is 1.55. The monoisotopic (exact) mass is 424 g/mol. The van der Waals surface area contributed by atoms with Crippen molar-refractivity contribution in [1.82, 2.24) is 19.4 Å². The van der Waals surface area contributed by atoms with Gasteiger partial charge >= 0.3 is 0 Å². The van der Waals surface area contributed by atoms with Crippen LogP contribution in [-0.2, 0) is 26.7 Å². The number of hydrogen-bond donors (Lipinski definition) is 2. The number of aryl methyl sites for hydroxylation is 1. The second-order valence-electron chi connectivity index (χ2n) is 8.04. The second kappa shape index (κ2) is 8.32. The van der Waals surface area contributed by atoms with E-state index in [4.69, 9.17) is 0 Å². The van der Waals surface area contributed by atoms with Crippen molar-refractivity contribution >= 4 is 21.8 Å². The standard InChI is InChI=1S/C26H24N4O2/c1-29-14-4-5-20(29)17-30(15-18-8-10-23(31)25-21(18)6-2-12-27-25)16-19-9-11-24(32)26-22(19)7-3-13-28-26/h2-14,31-32H,15-17H2,1H3. The highest BCUT2D eigenvalue weighted by Gasteiger charge is 2.15. The molecule has 3 heterocycles. The van der Waals surface area contributed by atoms with Crippen molar-refractivity contribution in [3.63, 3.8) is 0 Å². The minimum Gasteiger partial charge on any atom is -0.506 e. The lowest BCUT2D eigenvalue weighted by Crippen LogP contribution is -2.24. The minimum absolute atomic E-state index is 0.189. The number of aromatic nitrogens is 3. The van der Waals surface area contributed by atoms with Gasteiger partial charge < -0.3 is 14.8 Å². The van der Waals surface area contributed by atoms with Crippen LogP contribution in [0.1, 0.15) is 16.8 Å². The van der Waals surface area contributed by atoms with Gasteiger partial charge in [-0.1, -0.05) is 24.3 Å². The average Bonchev–Trinajstić information content (AvgIpc) is 3.22. The summed E-state index contributed by atoms with van der Waals surface area (Å²) >= 11 is 0. The molecule has 0 fully saturated rings. The van der Waals surface area contributed by atoms with Crippen LogP contribution in [0.15, 0.2) is 79.3 Å². The summed E-state index contributed by atoms with van der Waals surface area (Å²) in [4.78, 5) is 11.1. The van der Waals surface area contributed by atoms with Crippen molar-refractivity contribution < 1.29 is 10.2 Å². The molecule has 0 atom stereocenters. The zero-order valence-electron chi connectivity index (χ0n) is 17.8. The van der Waals surface area contributed by atoms with Gasteiger partial charge in [0.1, 0.15) is 22.5 Å². The fraction of sp³-hybridized carbons (Fsp3) is 0.154. The Morgan fingerprint density at radius 2 is 1.28 bits per heavy atom. The molecule has 5 aromatic rings. The quantitative estimate of drug-likeness (QED) is 0.412. The van der Waals surface area contributed by atoms with E-state index in [1.54, 1.807) is 24.5 Å².